The molecule has 1 heterocycles. The van der Waals surface area contributed by atoms with E-state index in [0.29, 0.717) is 23.4 Å². The van der Waals surface area contributed by atoms with Gasteiger partial charge >= 0.3 is 5.97 Å². The molecule has 1 aromatic heterocycles. The van der Waals surface area contributed by atoms with E-state index in [-0.39, 0.29) is 16.7 Å². The third-order valence-corrected chi connectivity index (χ3v) is 5.55. The number of nitrogens with zero attached hydrogens (tertiary/aromatic N) is 1. The lowest BCUT2D eigenvalue weighted by molar-refractivity contribution is -0.00801. The Morgan fingerprint density at radius 1 is 1.20 bits per heavy atom. The molecule has 0 radical (unpaired) electrons. The van der Waals surface area contributed by atoms with Crippen molar-refractivity contribution < 1.29 is 9.90 Å². The second kappa shape index (κ2) is 3.93. The molecule has 1 aromatic rings. The molecule has 4 aliphatic rings. The van der Waals surface area contributed by atoms with Crippen molar-refractivity contribution in [2.24, 2.45) is 17.8 Å². The maximum atomic E-state index is 12.2. The predicted octanol–water partition coefficient (Wildman–Crippen LogP) is 1.94. The minimum atomic E-state index is -1.08. The quantitative estimate of drug-likeness (QED) is 0.863. The van der Waals surface area contributed by atoms with Gasteiger partial charge in [-0.1, -0.05) is 0 Å². The molecule has 4 aliphatic carbocycles. The van der Waals surface area contributed by atoms with Crippen LogP contribution in [-0.2, 0) is 5.41 Å². The number of carboxylic acids is 1. The standard InChI is InChI=1S/C15H18N2O3/c18-13-12(17-11(7-16-13)14(19)20)15-4-8-1-9(5-15)3-10(2-8)6-15/h7-10H,1-6H2,(H,16,18)(H,19,20). The molecular formula is C15H18N2O3. The fraction of sp³-hybridized carbons (Fsp3) is 0.667. The van der Waals surface area contributed by atoms with E-state index in [2.05, 4.69) is 9.97 Å². The van der Waals surface area contributed by atoms with Crippen LogP contribution in [0.1, 0.15) is 54.7 Å². The summed E-state index contributed by atoms with van der Waals surface area (Å²) in [4.78, 5) is 30.1. The normalized spacial score (nSPS) is 38.1. The van der Waals surface area contributed by atoms with Gasteiger partial charge in [0.1, 0.15) is 5.69 Å². The van der Waals surface area contributed by atoms with Gasteiger partial charge in [-0.25, -0.2) is 9.78 Å². The molecule has 0 amide bonds. The number of nitrogens with one attached hydrogen (secondary N) is 1. The first-order valence-electron chi connectivity index (χ1n) is 7.39. The van der Waals surface area contributed by atoms with Crippen molar-refractivity contribution in [2.45, 2.75) is 43.9 Å². The van der Waals surface area contributed by atoms with Gasteiger partial charge < -0.3 is 10.1 Å². The molecule has 20 heavy (non-hydrogen) atoms. The first-order valence-corrected chi connectivity index (χ1v) is 7.39. The summed E-state index contributed by atoms with van der Waals surface area (Å²) in [5.74, 6) is 1.04. The number of rotatable bonds is 2. The van der Waals surface area contributed by atoms with Crippen molar-refractivity contribution in [1.29, 1.82) is 0 Å². The van der Waals surface area contributed by atoms with Crippen molar-refractivity contribution >= 4 is 5.97 Å². The molecule has 0 unspecified atom stereocenters. The molecule has 4 bridgehead atoms. The van der Waals surface area contributed by atoms with Crippen LogP contribution in [0.2, 0.25) is 0 Å². The predicted molar refractivity (Wildman–Crippen MR) is 71.7 cm³/mol. The highest BCUT2D eigenvalue weighted by atomic mass is 16.4. The lowest BCUT2D eigenvalue weighted by Gasteiger charge is -2.56. The minimum absolute atomic E-state index is 0.0460. The average Bonchev–Trinajstić information content (AvgIpc) is 2.37. The number of carboxylic acid groups (broad SMARTS) is 1. The van der Waals surface area contributed by atoms with E-state index in [1.54, 1.807) is 0 Å². The summed E-state index contributed by atoms with van der Waals surface area (Å²) in [7, 11) is 0. The van der Waals surface area contributed by atoms with E-state index in [1.165, 1.54) is 25.5 Å². The molecule has 5 nitrogen and oxygen atoms in total. The topological polar surface area (TPSA) is 83.0 Å². The van der Waals surface area contributed by atoms with Crippen LogP contribution in [0.3, 0.4) is 0 Å². The zero-order valence-electron chi connectivity index (χ0n) is 11.3. The van der Waals surface area contributed by atoms with E-state index in [9.17, 15) is 9.59 Å². The van der Waals surface area contributed by atoms with Crippen LogP contribution in [0, 0.1) is 17.8 Å². The van der Waals surface area contributed by atoms with Crippen LogP contribution in [0.4, 0.5) is 0 Å². The van der Waals surface area contributed by atoms with Crippen LogP contribution in [-0.4, -0.2) is 21.0 Å². The first-order chi connectivity index (χ1) is 9.56. The lowest BCUT2D eigenvalue weighted by Crippen LogP contribution is -2.51. The van der Waals surface area contributed by atoms with Gasteiger partial charge in [-0.05, 0) is 56.3 Å². The summed E-state index contributed by atoms with van der Waals surface area (Å²) in [6.45, 7) is 0. The number of carbonyl (C=O) groups is 1. The van der Waals surface area contributed by atoms with Gasteiger partial charge in [0.15, 0.2) is 5.69 Å². The Balaban J connectivity index is 1.82. The van der Waals surface area contributed by atoms with Gasteiger partial charge in [0, 0.05) is 11.6 Å². The van der Waals surface area contributed by atoms with Crippen LogP contribution >= 0.6 is 0 Å². The van der Waals surface area contributed by atoms with Crippen LogP contribution < -0.4 is 5.56 Å². The maximum absolute atomic E-state index is 12.2. The highest BCUT2D eigenvalue weighted by Gasteiger charge is 2.53. The smallest absolute Gasteiger partial charge is 0.356 e. The summed E-state index contributed by atoms with van der Waals surface area (Å²) >= 11 is 0. The number of aromatic carboxylic acids is 1. The summed E-state index contributed by atoms with van der Waals surface area (Å²) < 4.78 is 0. The van der Waals surface area contributed by atoms with E-state index in [4.69, 9.17) is 5.11 Å². The number of hydrogen-bond acceptors (Lipinski definition) is 3. The Morgan fingerprint density at radius 2 is 1.75 bits per heavy atom. The molecule has 0 saturated heterocycles. The third-order valence-electron chi connectivity index (χ3n) is 5.55. The summed E-state index contributed by atoms with van der Waals surface area (Å²) in [6, 6.07) is 0. The fourth-order valence-corrected chi connectivity index (χ4v) is 5.28. The van der Waals surface area contributed by atoms with E-state index < -0.39 is 5.97 Å². The van der Waals surface area contributed by atoms with E-state index >= 15 is 0 Å². The Kier molecular flexibility index (Phi) is 2.38. The second-order valence-corrected chi connectivity index (χ2v) is 6.97. The van der Waals surface area contributed by atoms with Crippen molar-refractivity contribution in [2.75, 3.05) is 0 Å². The third kappa shape index (κ3) is 1.65. The molecule has 0 spiro atoms. The molecule has 106 valence electrons. The lowest BCUT2D eigenvalue weighted by atomic mass is 9.49. The molecule has 4 fully saturated rings. The summed E-state index contributed by atoms with van der Waals surface area (Å²) in [5.41, 5.74) is 0.0807. The molecule has 4 saturated carbocycles. The Morgan fingerprint density at radius 3 is 2.25 bits per heavy atom. The van der Waals surface area contributed by atoms with Crippen LogP contribution in [0.25, 0.3) is 0 Å². The van der Waals surface area contributed by atoms with Crippen molar-refractivity contribution in [3.05, 3.63) is 27.9 Å². The number of aromatic nitrogens is 2. The fourth-order valence-electron chi connectivity index (χ4n) is 5.28. The number of H-pyrrole nitrogens is 1. The van der Waals surface area contributed by atoms with Crippen LogP contribution in [0.15, 0.2) is 11.0 Å². The monoisotopic (exact) mass is 274 g/mol. The van der Waals surface area contributed by atoms with E-state index in [0.717, 1.165) is 19.3 Å². The molecular weight excluding hydrogens is 256 g/mol. The van der Waals surface area contributed by atoms with Crippen molar-refractivity contribution in [3.63, 3.8) is 0 Å². The highest BCUT2D eigenvalue weighted by Crippen LogP contribution is 2.59. The van der Waals surface area contributed by atoms with Gasteiger partial charge in [-0.2, -0.15) is 0 Å². The van der Waals surface area contributed by atoms with Crippen LogP contribution in [0.5, 0.6) is 0 Å². The minimum Gasteiger partial charge on any atom is -0.476 e. The molecule has 2 N–H and O–H groups in total. The molecule has 5 heteroatoms. The van der Waals surface area contributed by atoms with Crippen molar-refractivity contribution in [3.8, 4) is 0 Å². The summed E-state index contributed by atoms with van der Waals surface area (Å²) in [5, 5.41) is 9.10. The van der Waals surface area contributed by atoms with Gasteiger partial charge in [-0.15, -0.1) is 0 Å². The van der Waals surface area contributed by atoms with E-state index in [1.807, 2.05) is 0 Å². The van der Waals surface area contributed by atoms with Gasteiger partial charge in [0.05, 0.1) is 0 Å². The second-order valence-electron chi connectivity index (χ2n) is 6.97. The maximum Gasteiger partial charge on any atom is 0.356 e. The zero-order valence-corrected chi connectivity index (χ0v) is 11.3. The van der Waals surface area contributed by atoms with Gasteiger partial charge in [0.25, 0.3) is 5.56 Å². The largest absolute Gasteiger partial charge is 0.476 e. The highest BCUT2D eigenvalue weighted by molar-refractivity contribution is 5.84. The number of aromatic amines is 1. The average molecular weight is 274 g/mol. The molecule has 0 atom stereocenters. The molecule has 0 aromatic carbocycles. The number of hydrogen-bond donors (Lipinski definition) is 2. The SMILES string of the molecule is O=C(O)c1c[nH]c(=O)c(C23CC4CC(CC(C4)C2)C3)n1. The zero-order chi connectivity index (χ0) is 13.9. The molecule has 0 aliphatic heterocycles. The van der Waals surface area contributed by atoms with Gasteiger partial charge in [0.2, 0.25) is 0 Å². The van der Waals surface area contributed by atoms with Crippen molar-refractivity contribution in [1.82, 2.24) is 9.97 Å². The Labute approximate surface area is 116 Å². The molecule has 5 rings (SSSR count). The Bertz CT molecular complexity index is 599. The van der Waals surface area contributed by atoms with Gasteiger partial charge in [-0.3, -0.25) is 4.79 Å². The Hall–Kier alpha value is -1.65. The first kappa shape index (κ1) is 12.1. The summed E-state index contributed by atoms with van der Waals surface area (Å²) in [6.07, 6.45) is 8.10.